The molecule has 0 spiro atoms. The number of esters is 1. The second-order valence-corrected chi connectivity index (χ2v) is 7.05. The van der Waals surface area contributed by atoms with Gasteiger partial charge in [0.15, 0.2) is 11.5 Å². The number of ether oxygens (including phenoxy) is 2. The van der Waals surface area contributed by atoms with Crippen molar-refractivity contribution < 1.29 is 29.2 Å². The predicted molar refractivity (Wildman–Crippen MR) is 106 cm³/mol. The molecule has 4 rings (SSSR count). The van der Waals surface area contributed by atoms with E-state index in [0.717, 1.165) is 12.1 Å². The molecule has 2 aromatic carbocycles. The summed E-state index contributed by atoms with van der Waals surface area (Å²) >= 11 is 0. The van der Waals surface area contributed by atoms with Crippen molar-refractivity contribution in [3.63, 3.8) is 0 Å². The van der Waals surface area contributed by atoms with Gasteiger partial charge in [0.2, 0.25) is 0 Å². The Morgan fingerprint density at radius 3 is 2.65 bits per heavy atom. The van der Waals surface area contributed by atoms with Crippen LogP contribution in [0.2, 0.25) is 0 Å². The normalized spacial score (nSPS) is 20.5. The van der Waals surface area contributed by atoms with Crippen molar-refractivity contribution in [2.45, 2.75) is 6.42 Å². The van der Waals surface area contributed by atoms with Crippen LogP contribution in [0.5, 0.6) is 11.5 Å². The van der Waals surface area contributed by atoms with Crippen molar-refractivity contribution in [2.75, 3.05) is 19.1 Å². The van der Waals surface area contributed by atoms with Crippen molar-refractivity contribution in [3.05, 3.63) is 61.7 Å². The summed E-state index contributed by atoms with van der Waals surface area (Å²) in [6, 6.07) is 6.20. The SMILES string of the molecule is COc1cc2c(cc1O)/C(=N/Nc1ccc([N+](=O)[O-])cc1[N+](=O)[O-])C1COC(=O)C1C2. The highest BCUT2D eigenvalue weighted by Crippen LogP contribution is 2.40. The fourth-order valence-corrected chi connectivity index (χ4v) is 3.82. The molecule has 0 amide bonds. The fourth-order valence-electron chi connectivity index (χ4n) is 3.82. The maximum Gasteiger partial charge on any atom is 0.310 e. The van der Waals surface area contributed by atoms with Gasteiger partial charge in [-0.05, 0) is 30.2 Å². The first-order chi connectivity index (χ1) is 14.8. The van der Waals surface area contributed by atoms with Crippen LogP contribution in [0.1, 0.15) is 11.1 Å². The number of nitro groups is 2. The zero-order valence-electron chi connectivity index (χ0n) is 16.1. The third-order valence-corrected chi connectivity index (χ3v) is 5.35. The van der Waals surface area contributed by atoms with Crippen LogP contribution in [0.3, 0.4) is 0 Å². The number of nitrogens with one attached hydrogen (secondary N) is 1. The molecule has 0 saturated carbocycles. The maximum absolute atomic E-state index is 12.2. The molecule has 1 fully saturated rings. The van der Waals surface area contributed by atoms with Gasteiger partial charge in [0, 0.05) is 11.6 Å². The Hall–Kier alpha value is -4.22. The first-order valence-corrected chi connectivity index (χ1v) is 9.13. The number of fused-ring (bicyclic) bond motifs is 2. The standard InChI is InChI=1S/C19H16N4O8/c1-30-17-5-9-4-12-13(8-31-19(12)25)18(11(9)7-16(17)24)21-20-14-3-2-10(22(26)27)6-15(14)23(28)29/h2-3,5-7,12-13,20,24H,4,8H2,1H3/b21-18-. The van der Waals surface area contributed by atoms with Crippen molar-refractivity contribution in [1.82, 2.24) is 0 Å². The minimum atomic E-state index is -0.758. The van der Waals surface area contributed by atoms with Crippen molar-refractivity contribution >= 4 is 28.7 Å². The molecule has 2 atom stereocenters. The van der Waals surface area contributed by atoms with Crippen LogP contribution in [0, 0.1) is 32.1 Å². The molecule has 31 heavy (non-hydrogen) atoms. The molecular formula is C19H16N4O8. The number of methoxy groups -OCH3 is 1. The molecule has 2 N–H and O–H groups in total. The molecule has 0 radical (unpaired) electrons. The molecule has 2 aromatic rings. The quantitative estimate of drug-likeness (QED) is 0.413. The molecule has 1 saturated heterocycles. The molecule has 2 unspecified atom stereocenters. The van der Waals surface area contributed by atoms with E-state index >= 15 is 0 Å². The van der Waals surface area contributed by atoms with Gasteiger partial charge < -0.3 is 14.6 Å². The first kappa shape index (κ1) is 20.1. The summed E-state index contributed by atoms with van der Waals surface area (Å²) in [4.78, 5) is 33.0. The van der Waals surface area contributed by atoms with E-state index in [0.29, 0.717) is 23.3 Å². The second kappa shape index (κ2) is 7.55. The average molecular weight is 428 g/mol. The molecule has 0 aromatic heterocycles. The largest absolute Gasteiger partial charge is 0.504 e. The monoisotopic (exact) mass is 428 g/mol. The van der Waals surface area contributed by atoms with Crippen LogP contribution in [-0.2, 0) is 16.0 Å². The lowest BCUT2D eigenvalue weighted by Gasteiger charge is -2.27. The smallest absolute Gasteiger partial charge is 0.310 e. The lowest BCUT2D eigenvalue weighted by molar-refractivity contribution is -0.393. The third kappa shape index (κ3) is 3.47. The Morgan fingerprint density at radius 1 is 1.19 bits per heavy atom. The fraction of sp³-hybridized carbons (Fsp3) is 0.263. The van der Waals surface area contributed by atoms with Crippen molar-refractivity contribution in [2.24, 2.45) is 16.9 Å². The van der Waals surface area contributed by atoms with Gasteiger partial charge in [-0.2, -0.15) is 5.10 Å². The van der Waals surface area contributed by atoms with Crippen LogP contribution < -0.4 is 10.2 Å². The van der Waals surface area contributed by atoms with E-state index in [9.17, 15) is 30.1 Å². The summed E-state index contributed by atoms with van der Waals surface area (Å²) in [5.74, 6) is -1.18. The summed E-state index contributed by atoms with van der Waals surface area (Å²) in [6.07, 6.45) is 0.367. The molecule has 160 valence electrons. The molecule has 12 nitrogen and oxygen atoms in total. The minimum absolute atomic E-state index is 0.0604. The number of non-ortho nitro benzene ring substituents is 1. The minimum Gasteiger partial charge on any atom is -0.504 e. The number of benzene rings is 2. The van der Waals surface area contributed by atoms with Crippen molar-refractivity contribution in [3.8, 4) is 11.5 Å². The average Bonchev–Trinajstić information content (AvgIpc) is 3.11. The number of nitro benzene ring substituents is 2. The number of rotatable bonds is 5. The number of hydrazone groups is 1. The Bertz CT molecular complexity index is 1150. The topological polar surface area (TPSA) is 166 Å². The number of hydrogen-bond donors (Lipinski definition) is 2. The third-order valence-electron chi connectivity index (χ3n) is 5.35. The number of anilines is 1. The number of carbonyl (C=O) groups excluding carboxylic acids is 1. The Kier molecular flexibility index (Phi) is 4.89. The number of carbonyl (C=O) groups is 1. The summed E-state index contributed by atoms with van der Waals surface area (Å²) in [5, 5.41) is 36.8. The van der Waals surface area contributed by atoms with Crippen LogP contribution in [0.25, 0.3) is 0 Å². The number of cyclic esters (lactones) is 1. The van der Waals surface area contributed by atoms with Gasteiger partial charge >= 0.3 is 11.7 Å². The molecule has 1 aliphatic heterocycles. The van der Waals surface area contributed by atoms with E-state index in [2.05, 4.69) is 10.5 Å². The van der Waals surface area contributed by atoms with Gasteiger partial charge in [-0.3, -0.25) is 30.4 Å². The number of aromatic hydroxyl groups is 1. The van der Waals surface area contributed by atoms with E-state index in [-0.39, 0.29) is 29.8 Å². The molecule has 1 heterocycles. The molecule has 12 heteroatoms. The number of phenolic OH excluding ortho intramolecular Hbond substituents is 1. The Morgan fingerprint density at radius 2 is 1.97 bits per heavy atom. The van der Waals surface area contributed by atoms with E-state index in [1.165, 1.54) is 19.2 Å². The van der Waals surface area contributed by atoms with Crippen molar-refractivity contribution in [1.29, 1.82) is 0 Å². The molecule has 0 bridgehead atoms. The van der Waals surface area contributed by atoms with E-state index < -0.39 is 33.1 Å². The van der Waals surface area contributed by atoms with Gasteiger partial charge in [0.25, 0.3) is 5.69 Å². The van der Waals surface area contributed by atoms with Gasteiger partial charge in [-0.15, -0.1) is 0 Å². The molecule has 1 aliphatic carbocycles. The highest BCUT2D eigenvalue weighted by Gasteiger charge is 2.45. The van der Waals surface area contributed by atoms with Crippen LogP contribution in [0.4, 0.5) is 17.1 Å². The van der Waals surface area contributed by atoms with E-state index in [1.54, 1.807) is 6.07 Å². The second-order valence-electron chi connectivity index (χ2n) is 7.05. The summed E-state index contributed by atoms with van der Waals surface area (Å²) < 4.78 is 10.3. The zero-order chi connectivity index (χ0) is 22.3. The lowest BCUT2D eigenvalue weighted by Crippen LogP contribution is -2.33. The van der Waals surface area contributed by atoms with Gasteiger partial charge in [-0.25, -0.2) is 0 Å². The maximum atomic E-state index is 12.2. The highest BCUT2D eigenvalue weighted by molar-refractivity contribution is 6.08. The van der Waals surface area contributed by atoms with E-state index in [1.807, 2.05) is 0 Å². The van der Waals surface area contributed by atoms with Crippen LogP contribution >= 0.6 is 0 Å². The van der Waals surface area contributed by atoms with Crippen LogP contribution in [-0.4, -0.2) is 40.4 Å². The predicted octanol–water partition coefficient (Wildman–Crippen LogP) is 2.38. The molecule has 2 aliphatic rings. The van der Waals surface area contributed by atoms with Gasteiger partial charge in [-0.1, -0.05) is 0 Å². The van der Waals surface area contributed by atoms with E-state index in [4.69, 9.17) is 9.47 Å². The first-order valence-electron chi connectivity index (χ1n) is 9.13. The highest BCUT2D eigenvalue weighted by atomic mass is 16.6. The zero-order valence-corrected chi connectivity index (χ0v) is 16.1. The lowest BCUT2D eigenvalue weighted by atomic mass is 9.76. The summed E-state index contributed by atoms with van der Waals surface area (Å²) in [5.41, 5.74) is 3.20. The summed E-state index contributed by atoms with van der Waals surface area (Å²) in [7, 11) is 1.40. The van der Waals surface area contributed by atoms with Gasteiger partial charge in [0.05, 0.1) is 40.6 Å². The number of nitrogens with zero attached hydrogens (tertiary/aromatic N) is 3. The van der Waals surface area contributed by atoms with Crippen LogP contribution in [0.15, 0.2) is 35.4 Å². The van der Waals surface area contributed by atoms with Gasteiger partial charge in [0.1, 0.15) is 12.3 Å². The number of hydrogen-bond acceptors (Lipinski definition) is 10. The summed E-state index contributed by atoms with van der Waals surface area (Å²) in [6.45, 7) is 0.0819. The Balaban J connectivity index is 1.78. The molecular weight excluding hydrogens is 412 g/mol. The number of phenols is 1. The Labute approximate surface area is 174 Å².